The molecule has 0 atom stereocenters. The average molecular weight is 474 g/mol. The number of hydrogen-bond acceptors (Lipinski definition) is 3. The molecule has 4 rings (SSSR count). The maximum atomic E-state index is 14.9. The Morgan fingerprint density at radius 1 is 0.829 bits per heavy atom. The summed E-state index contributed by atoms with van der Waals surface area (Å²) in [5, 5.41) is 0. The van der Waals surface area contributed by atoms with E-state index in [2.05, 4.69) is 6.58 Å². The largest absolute Gasteiger partial charge is 0.494 e. The number of rotatable bonds is 7. The van der Waals surface area contributed by atoms with Crippen LogP contribution in [0.3, 0.4) is 0 Å². The molecule has 4 aromatic rings. The van der Waals surface area contributed by atoms with Crippen LogP contribution in [0.1, 0.15) is 22.8 Å². The molecule has 0 aliphatic rings. The first-order chi connectivity index (χ1) is 16.9. The second-order valence-electron chi connectivity index (χ2n) is 7.61. The molecule has 3 nitrogen and oxygen atoms in total. The molecule has 0 heterocycles. The highest BCUT2D eigenvalue weighted by atomic mass is 19.2. The van der Waals surface area contributed by atoms with E-state index in [1.165, 1.54) is 48.5 Å². The van der Waals surface area contributed by atoms with E-state index in [0.717, 1.165) is 11.6 Å². The smallest absolute Gasteiger partial charge is 0.343 e. The molecule has 0 spiro atoms. The summed E-state index contributed by atoms with van der Waals surface area (Å²) in [6.45, 7) is 5.82. The van der Waals surface area contributed by atoms with Crippen molar-refractivity contribution in [3.8, 4) is 33.8 Å². The van der Waals surface area contributed by atoms with Crippen molar-refractivity contribution in [2.75, 3.05) is 6.61 Å². The van der Waals surface area contributed by atoms with E-state index < -0.39 is 23.4 Å². The molecule has 0 amide bonds. The summed E-state index contributed by atoms with van der Waals surface area (Å²) in [6.07, 6.45) is 1.66. The summed E-state index contributed by atoms with van der Waals surface area (Å²) in [5.41, 5.74) is 2.10. The number of ether oxygens (including phenoxy) is 2. The van der Waals surface area contributed by atoms with Gasteiger partial charge in [0.05, 0.1) is 12.2 Å². The fourth-order valence-electron chi connectivity index (χ4n) is 3.56. The fraction of sp³-hybridized carbons (Fsp3) is 0.0690. The van der Waals surface area contributed by atoms with Gasteiger partial charge < -0.3 is 9.47 Å². The zero-order valence-corrected chi connectivity index (χ0v) is 18.9. The van der Waals surface area contributed by atoms with E-state index in [-0.39, 0.29) is 22.4 Å². The normalized spacial score (nSPS) is 10.6. The summed E-state index contributed by atoms with van der Waals surface area (Å²) in [7, 11) is 0. The van der Waals surface area contributed by atoms with Gasteiger partial charge in [-0.25, -0.2) is 18.0 Å². The monoisotopic (exact) mass is 474 g/mol. The van der Waals surface area contributed by atoms with Crippen LogP contribution in [0.5, 0.6) is 11.5 Å². The average Bonchev–Trinajstić information content (AvgIpc) is 2.87. The lowest BCUT2D eigenvalue weighted by atomic mass is 9.97. The van der Waals surface area contributed by atoms with Crippen molar-refractivity contribution in [1.82, 2.24) is 0 Å². The lowest BCUT2D eigenvalue weighted by Crippen LogP contribution is -2.09. The molecule has 0 N–H and O–H groups in total. The molecule has 4 aromatic carbocycles. The van der Waals surface area contributed by atoms with Crippen molar-refractivity contribution in [2.45, 2.75) is 6.92 Å². The minimum atomic E-state index is -0.998. The first-order valence-corrected chi connectivity index (χ1v) is 10.9. The van der Waals surface area contributed by atoms with Crippen molar-refractivity contribution < 1.29 is 27.4 Å². The second kappa shape index (κ2) is 10.3. The number of halogens is 3. The number of carbonyl (C=O) groups excluding carboxylic acids is 1. The van der Waals surface area contributed by atoms with Crippen LogP contribution in [0, 0.1) is 17.5 Å². The Morgan fingerprint density at radius 3 is 1.91 bits per heavy atom. The molecular weight excluding hydrogens is 453 g/mol. The maximum absolute atomic E-state index is 14.9. The van der Waals surface area contributed by atoms with Crippen LogP contribution >= 0.6 is 0 Å². The highest BCUT2D eigenvalue weighted by molar-refractivity contribution is 5.91. The molecule has 0 saturated carbocycles. The Labute approximate surface area is 201 Å². The van der Waals surface area contributed by atoms with Gasteiger partial charge in [0.1, 0.15) is 5.75 Å². The van der Waals surface area contributed by atoms with Crippen LogP contribution in [-0.4, -0.2) is 12.6 Å². The van der Waals surface area contributed by atoms with Crippen LogP contribution in [0.4, 0.5) is 13.2 Å². The Bertz CT molecular complexity index is 1380. The summed E-state index contributed by atoms with van der Waals surface area (Å²) in [6, 6.07) is 19.6. The summed E-state index contributed by atoms with van der Waals surface area (Å²) in [5.74, 6) is -3.41. The van der Waals surface area contributed by atoms with Crippen molar-refractivity contribution in [3.63, 3.8) is 0 Å². The molecule has 0 aliphatic carbocycles. The number of carbonyl (C=O) groups is 1. The zero-order chi connectivity index (χ0) is 24.9. The van der Waals surface area contributed by atoms with Crippen LogP contribution in [-0.2, 0) is 0 Å². The number of hydrogen-bond donors (Lipinski definition) is 0. The van der Waals surface area contributed by atoms with E-state index in [1.54, 1.807) is 37.3 Å². The third-order valence-corrected chi connectivity index (χ3v) is 5.39. The predicted molar refractivity (Wildman–Crippen MR) is 130 cm³/mol. The van der Waals surface area contributed by atoms with E-state index in [9.17, 15) is 18.0 Å². The van der Waals surface area contributed by atoms with Gasteiger partial charge in [-0.15, -0.1) is 0 Å². The van der Waals surface area contributed by atoms with Crippen molar-refractivity contribution in [1.29, 1.82) is 0 Å². The summed E-state index contributed by atoms with van der Waals surface area (Å²) in [4.78, 5) is 12.4. The first kappa shape index (κ1) is 23.8. The fourth-order valence-corrected chi connectivity index (χ4v) is 3.56. The molecule has 6 heteroatoms. The molecular formula is C29H21F3O3. The van der Waals surface area contributed by atoms with Gasteiger partial charge in [0.15, 0.2) is 23.2 Å². The topological polar surface area (TPSA) is 35.5 Å². The van der Waals surface area contributed by atoms with Gasteiger partial charge in [-0.05, 0) is 47.9 Å². The van der Waals surface area contributed by atoms with Gasteiger partial charge in [0.25, 0.3) is 0 Å². The summed E-state index contributed by atoms with van der Waals surface area (Å²) >= 11 is 0. The standard InChI is InChI=1S/C29H21F3O3/c1-3-18-5-7-19(8-6-18)23-14-15-24(28(32)27(23)31)20-9-11-21(12-10-20)29(33)35-26-16-13-22(34-4-2)17-25(26)30/h3,5-17H,1,4H2,2H3. The Balaban J connectivity index is 1.53. The maximum Gasteiger partial charge on any atom is 0.343 e. The molecule has 0 fully saturated rings. The predicted octanol–water partition coefficient (Wildman–Crippen LogP) is 7.70. The third-order valence-electron chi connectivity index (χ3n) is 5.39. The molecule has 0 bridgehead atoms. The van der Waals surface area contributed by atoms with Crippen LogP contribution in [0.25, 0.3) is 28.3 Å². The Morgan fingerprint density at radius 2 is 1.40 bits per heavy atom. The lowest BCUT2D eigenvalue weighted by Gasteiger charge is -2.11. The Hall–Kier alpha value is -4.32. The highest BCUT2D eigenvalue weighted by Crippen LogP contribution is 2.32. The Kier molecular flexibility index (Phi) is 7.01. The number of benzene rings is 4. The van der Waals surface area contributed by atoms with Gasteiger partial charge in [0, 0.05) is 17.2 Å². The van der Waals surface area contributed by atoms with E-state index >= 15 is 0 Å². The molecule has 35 heavy (non-hydrogen) atoms. The van der Waals surface area contributed by atoms with Crippen LogP contribution < -0.4 is 9.47 Å². The van der Waals surface area contributed by atoms with E-state index in [4.69, 9.17) is 9.47 Å². The van der Waals surface area contributed by atoms with E-state index in [0.29, 0.717) is 23.5 Å². The molecule has 0 radical (unpaired) electrons. The van der Waals surface area contributed by atoms with Crippen molar-refractivity contribution in [2.24, 2.45) is 0 Å². The van der Waals surface area contributed by atoms with Gasteiger partial charge in [-0.1, -0.05) is 61.2 Å². The van der Waals surface area contributed by atoms with Crippen LogP contribution in [0.2, 0.25) is 0 Å². The quantitative estimate of drug-likeness (QED) is 0.203. The van der Waals surface area contributed by atoms with Gasteiger partial charge in [-0.3, -0.25) is 0 Å². The van der Waals surface area contributed by atoms with Crippen LogP contribution in [0.15, 0.2) is 85.4 Å². The van der Waals surface area contributed by atoms with Gasteiger partial charge in [0.2, 0.25) is 0 Å². The summed E-state index contributed by atoms with van der Waals surface area (Å²) < 4.78 is 54.3. The molecule has 176 valence electrons. The minimum absolute atomic E-state index is 0.0476. The zero-order valence-electron chi connectivity index (χ0n) is 18.9. The van der Waals surface area contributed by atoms with Gasteiger partial charge in [-0.2, -0.15) is 0 Å². The lowest BCUT2D eigenvalue weighted by molar-refractivity contribution is 0.0727. The highest BCUT2D eigenvalue weighted by Gasteiger charge is 2.17. The molecule has 0 saturated heterocycles. The first-order valence-electron chi connectivity index (χ1n) is 10.9. The number of esters is 1. The third kappa shape index (κ3) is 5.11. The van der Waals surface area contributed by atoms with E-state index in [1.807, 2.05) is 0 Å². The SMILES string of the molecule is C=Cc1ccc(-c2ccc(-c3ccc(C(=O)Oc4ccc(OCC)cc4F)cc3)c(F)c2F)cc1. The van der Waals surface area contributed by atoms with Gasteiger partial charge >= 0.3 is 5.97 Å². The molecule has 0 aromatic heterocycles. The molecule has 0 aliphatic heterocycles. The minimum Gasteiger partial charge on any atom is -0.494 e. The van der Waals surface area contributed by atoms with Crippen molar-refractivity contribution in [3.05, 3.63) is 114 Å². The second-order valence-corrected chi connectivity index (χ2v) is 7.61. The van der Waals surface area contributed by atoms with Crippen molar-refractivity contribution >= 4 is 12.0 Å². The molecule has 0 unspecified atom stereocenters.